The number of phenols is 1. The van der Waals surface area contributed by atoms with E-state index >= 15 is 0 Å². The Labute approximate surface area is 147 Å². The maximum atomic E-state index is 11.6. The van der Waals surface area contributed by atoms with E-state index in [0.717, 1.165) is 10.9 Å². The molecule has 7 heteroatoms. The van der Waals surface area contributed by atoms with Gasteiger partial charge in [-0.25, -0.2) is 9.78 Å². The van der Waals surface area contributed by atoms with Gasteiger partial charge in [0, 0.05) is 17.0 Å². The smallest absolute Gasteiger partial charge is 0.358 e. The lowest BCUT2D eigenvalue weighted by Gasteiger charge is -2.03. The summed E-state index contributed by atoms with van der Waals surface area (Å²) >= 11 is 0. The van der Waals surface area contributed by atoms with E-state index in [9.17, 15) is 15.0 Å². The number of pyridine rings is 1. The maximum absolute atomic E-state index is 11.6. The SMILES string of the molecule is Cc1cccn2c(N=Nc3cccc4c(O)cccc34)c(C(=O)O)nc12. The molecule has 7 nitrogen and oxygen atoms in total. The average molecular weight is 346 g/mol. The van der Waals surface area contributed by atoms with Gasteiger partial charge in [-0.3, -0.25) is 4.40 Å². The highest BCUT2D eigenvalue weighted by Crippen LogP contribution is 2.33. The first kappa shape index (κ1) is 15.8. The Bertz CT molecular complexity index is 1190. The van der Waals surface area contributed by atoms with Crippen molar-refractivity contribution in [2.45, 2.75) is 6.92 Å². The van der Waals surface area contributed by atoms with Gasteiger partial charge in [0.25, 0.3) is 0 Å². The minimum Gasteiger partial charge on any atom is -0.507 e. The molecule has 2 heterocycles. The van der Waals surface area contributed by atoms with Crippen molar-refractivity contribution in [1.29, 1.82) is 0 Å². The molecular formula is C19H14N4O3. The monoisotopic (exact) mass is 346 g/mol. The van der Waals surface area contributed by atoms with E-state index in [-0.39, 0.29) is 17.3 Å². The molecule has 2 aromatic carbocycles. The number of phenolic OH excluding ortho intramolecular Hbond substituents is 1. The Morgan fingerprint density at radius 2 is 1.81 bits per heavy atom. The molecule has 4 rings (SSSR count). The molecule has 0 fully saturated rings. The standard InChI is InChI=1S/C19H14N4O3/c1-11-5-4-10-23-17(11)20-16(19(25)26)18(23)22-21-14-8-2-7-13-12(14)6-3-9-15(13)24/h2-10,24H,1H3,(H,25,26). The fraction of sp³-hybridized carbons (Fsp3) is 0.0526. The number of benzene rings is 2. The van der Waals surface area contributed by atoms with Gasteiger partial charge in [-0.05, 0) is 30.7 Å². The highest BCUT2D eigenvalue weighted by atomic mass is 16.4. The van der Waals surface area contributed by atoms with Crippen molar-refractivity contribution in [1.82, 2.24) is 9.38 Å². The Morgan fingerprint density at radius 3 is 2.62 bits per heavy atom. The Kier molecular flexibility index (Phi) is 3.62. The summed E-state index contributed by atoms with van der Waals surface area (Å²) in [5.74, 6) is -0.873. The number of nitrogens with zero attached hydrogens (tertiary/aromatic N) is 4. The zero-order chi connectivity index (χ0) is 18.3. The van der Waals surface area contributed by atoms with E-state index in [2.05, 4.69) is 15.2 Å². The first-order valence-electron chi connectivity index (χ1n) is 7.89. The molecule has 4 aromatic rings. The van der Waals surface area contributed by atoms with Crippen LogP contribution >= 0.6 is 0 Å². The first-order valence-corrected chi connectivity index (χ1v) is 7.89. The molecular weight excluding hydrogens is 332 g/mol. The molecule has 0 amide bonds. The molecule has 2 aromatic heterocycles. The zero-order valence-electron chi connectivity index (χ0n) is 13.8. The highest BCUT2D eigenvalue weighted by Gasteiger charge is 2.19. The normalized spacial score (nSPS) is 11.6. The van der Waals surface area contributed by atoms with Crippen LogP contribution in [0.5, 0.6) is 5.75 Å². The number of azo groups is 1. The van der Waals surface area contributed by atoms with Crippen molar-refractivity contribution in [2.75, 3.05) is 0 Å². The number of hydrogen-bond acceptors (Lipinski definition) is 5. The lowest BCUT2D eigenvalue weighted by atomic mass is 10.1. The van der Waals surface area contributed by atoms with Crippen LogP contribution in [0.4, 0.5) is 11.5 Å². The second kappa shape index (κ2) is 5.96. The second-order valence-corrected chi connectivity index (χ2v) is 5.82. The van der Waals surface area contributed by atoms with Crippen molar-refractivity contribution in [3.63, 3.8) is 0 Å². The number of fused-ring (bicyclic) bond motifs is 2. The summed E-state index contributed by atoms with van der Waals surface area (Å²) in [4.78, 5) is 15.7. The molecule has 0 radical (unpaired) electrons. The van der Waals surface area contributed by atoms with Crippen LogP contribution in [-0.2, 0) is 0 Å². The van der Waals surface area contributed by atoms with Crippen molar-refractivity contribution in [3.8, 4) is 5.75 Å². The van der Waals surface area contributed by atoms with Crippen LogP contribution in [0, 0.1) is 6.92 Å². The summed E-state index contributed by atoms with van der Waals surface area (Å²) in [6.45, 7) is 1.85. The van der Waals surface area contributed by atoms with Crippen molar-refractivity contribution in [3.05, 3.63) is 66.0 Å². The Balaban J connectivity index is 1.91. The van der Waals surface area contributed by atoms with Gasteiger partial charge in [0.1, 0.15) is 11.4 Å². The Morgan fingerprint density at radius 1 is 1.04 bits per heavy atom. The molecule has 128 valence electrons. The van der Waals surface area contributed by atoms with Gasteiger partial charge in [-0.1, -0.05) is 30.3 Å². The van der Waals surface area contributed by atoms with E-state index in [4.69, 9.17) is 0 Å². The first-order chi connectivity index (χ1) is 12.6. The van der Waals surface area contributed by atoms with Gasteiger partial charge < -0.3 is 10.2 Å². The molecule has 0 atom stereocenters. The number of carbonyl (C=O) groups is 1. The quantitative estimate of drug-likeness (QED) is 0.529. The predicted octanol–water partition coefficient (Wildman–Crippen LogP) is 4.62. The molecule has 0 bridgehead atoms. The minimum atomic E-state index is -1.17. The number of rotatable bonds is 3. The van der Waals surface area contributed by atoms with Gasteiger partial charge in [0.15, 0.2) is 11.5 Å². The van der Waals surface area contributed by atoms with Gasteiger partial charge in [0.05, 0.1) is 5.69 Å². The number of imidazole rings is 1. The third-order valence-corrected chi connectivity index (χ3v) is 4.15. The fourth-order valence-electron chi connectivity index (χ4n) is 2.90. The van der Waals surface area contributed by atoms with Gasteiger partial charge in [0.2, 0.25) is 0 Å². The molecule has 0 aliphatic heterocycles. The number of aromatic hydroxyl groups is 1. The summed E-state index contributed by atoms with van der Waals surface area (Å²) in [7, 11) is 0. The van der Waals surface area contributed by atoms with E-state index in [1.54, 1.807) is 47.0 Å². The van der Waals surface area contributed by atoms with Crippen LogP contribution in [0.2, 0.25) is 0 Å². The van der Waals surface area contributed by atoms with Crippen LogP contribution in [0.15, 0.2) is 65.0 Å². The van der Waals surface area contributed by atoms with Gasteiger partial charge in [-0.15, -0.1) is 10.2 Å². The van der Waals surface area contributed by atoms with Crippen LogP contribution in [-0.4, -0.2) is 25.6 Å². The van der Waals surface area contributed by atoms with Crippen molar-refractivity contribution >= 4 is 33.9 Å². The number of aryl methyl sites for hydroxylation is 1. The lowest BCUT2D eigenvalue weighted by Crippen LogP contribution is -1.96. The van der Waals surface area contributed by atoms with Crippen molar-refractivity contribution < 1.29 is 15.0 Å². The topological polar surface area (TPSA) is 99.6 Å². The number of aromatic carboxylic acids is 1. The van der Waals surface area contributed by atoms with Gasteiger partial charge in [-0.2, -0.15) is 0 Å². The molecule has 2 N–H and O–H groups in total. The summed E-state index contributed by atoms with van der Waals surface area (Å²) in [5.41, 5.74) is 1.73. The van der Waals surface area contributed by atoms with E-state index < -0.39 is 5.97 Å². The molecule has 0 spiro atoms. The molecule has 0 saturated heterocycles. The number of carboxylic acids is 1. The minimum absolute atomic E-state index is 0.147. The average Bonchev–Trinajstić information content (AvgIpc) is 3.01. The molecule has 0 aliphatic carbocycles. The zero-order valence-corrected chi connectivity index (χ0v) is 13.8. The number of hydrogen-bond donors (Lipinski definition) is 2. The van der Waals surface area contributed by atoms with Crippen molar-refractivity contribution in [2.24, 2.45) is 10.2 Å². The van der Waals surface area contributed by atoms with Crippen LogP contribution in [0.25, 0.3) is 16.4 Å². The third kappa shape index (κ3) is 2.46. The third-order valence-electron chi connectivity index (χ3n) is 4.15. The summed E-state index contributed by atoms with van der Waals surface area (Å²) < 4.78 is 1.60. The van der Waals surface area contributed by atoms with Gasteiger partial charge >= 0.3 is 5.97 Å². The predicted molar refractivity (Wildman–Crippen MR) is 96.7 cm³/mol. The van der Waals surface area contributed by atoms with E-state index in [0.29, 0.717) is 16.7 Å². The van der Waals surface area contributed by atoms with Crippen LogP contribution < -0.4 is 0 Å². The number of carboxylic acid groups (broad SMARTS) is 1. The maximum Gasteiger partial charge on any atom is 0.358 e. The molecule has 0 saturated carbocycles. The van der Waals surface area contributed by atoms with Crippen LogP contribution in [0.3, 0.4) is 0 Å². The lowest BCUT2D eigenvalue weighted by molar-refractivity contribution is 0.0692. The molecule has 0 aliphatic rings. The van der Waals surface area contributed by atoms with Crippen LogP contribution in [0.1, 0.15) is 16.1 Å². The van der Waals surface area contributed by atoms with E-state index in [1.165, 1.54) is 0 Å². The molecule has 0 unspecified atom stereocenters. The summed E-state index contributed by atoms with van der Waals surface area (Å²) in [6, 6.07) is 14.1. The second-order valence-electron chi connectivity index (χ2n) is 5.82. The fourth-order valence-corrected chi connectivity index (χ4v) is 2.90. The largest absolute Gasteiger partial charge is 0.507 e. The summed E-state index contributed by atoms with van der Waals surface area (Å²) in [6.07, 6.45) is 1.70. The summed E-state index contributed by atoms with van der Waals surface area (Å²) in [5, 5.41) is 29.2. The molecule has 26 heavy (non-hydrogen) atoms. The van der Waals surface area contributed by atoms with E-state index in [1.807, 2.05) is 19.1 Å². The Hall–Kier alpha value is -3.74. The number of aromatic nitrogens is 2. The highest BCUT2D eigenvalue weighted by molar-refractivity contribution is 5.96.